The first-order valence-electron chi connectivity index (χ1n) is 6.60. The number of carbonyl (C=O) groups is 2. The molecule has 0 heterocycles. The van der Waals surface area contributed by atoms with E-state index in [2.05, 4.69) is 0 Å². The van der Waals surface area contributed by atoms with E-state index in [1.54, 1.807) is 20.8 Å². The number of hydrogen-bond acceptors (Lipinski definition) is 5. The lowest BCUT2D eigenvalue weighted by Gasteiger charge is -2.35. The molecule has 0 fully saturated rings. The lowest BCUT2D eigenvalue weighted by Crippen LogP contribution is -2.47. The summed E-state index contributed by atoms with van der Waals surface area (Å²) in [6.07, 6.45) is 0.133. The molecule has 0 aliphatic carbocycles. The highest BCUT2D eigenvalue weighted by Crippen LogP contribution is 2.53. The molecule has 118 valence electrons. The minimum absolute atomic E-state index is 0.0261. The summed E-state index contributed by atoms with van der Waals surface area (Å²) in [5.41, 5.74) is -3.43. The number of esters is 2. The average Bonchev–Trinajstić information content (AvgIpc) is 2.34. The van der Waals surface area contributed by atoms with E-state index in [1.807, 2.05) is 0 Å². The quantitative estimate of drug-likeness (QED) is 0.516. The van der Waals surface area contributed by atoms with Crippen molar-refractivity contribution in [2.75, 3.05) is 13.2 Å². The predicted molar refractivity (Wildman–Crippen MR) is 72.1 cm³/mol. The van der Waals surface area contributed by atoms with E-state index in [9.17, 15) is 23.9 Å². The number of ether oxygens (including phenoxy) is 2. The lowest BCUT2D eigenvalue weighted by atomic mass is 9.78. The third-order valence-corrected chi connectivity index (χ3v) is 4.69. The highest BCUT2D eigenvalue weighted by molar-refractivity contribution is 7.53. The van der Waals surface area contributed by atoms with Gasteiger partial charge in [0.15, 0.2) is 5.66 Å². The second-order valence-electron chi connectivity index (χ2n) is 4.33. The molecular formula is C12H23O7P. The van der Waals surface area contributed by atoms with Gasteiger partial charge in [0, 0.05) is 0 Å². The van der Waals surface area contributed by atoms with E-state index in [0.29, 0.717) is 0 Å². The Balaban J connectivity index is 5.83. The molecule has 0 aromatic heterocycles. The van der Waals surface area contributed by atoms with Crippen molar-refractivity contribution in [2.45, 2.75) is 46.2 Å². The van der Waals surface area contributed by atoms with Crippen molar-refractivity contribution < 1.29 is 33.4 Å². The molecule has 0 aliphatic heterocycles. The first-order chi connectivity index (χ1) is 9.21. The van der Waals surface area contributed by atoms with Crippen LogP contribution in [0.4, 0.5) is 0 Å². The summed E-state index contributed by atoms with van der Waals surface area (Å²) in [6.45, 7) is 6.33. The van der Waals surface area contributed by atoms with Gasteiger partial charge < -0.3 is 19.3 Å². The normalized spacial score (nSPS) is 13.7. The van der Waals surface area contributed by atoms with E-state index in [4.69, 9.17) is 9.47 Å². The topological polar surface area (TPSA) is 110 Å². The highest BCUT2D eigenvalue weighted by Gasteiger charge is 2.57. The fourth-order valence-electron chi connectivity index (χ4n) is 2.22. The van der Waals surface area contributed by atoms with Gasteiger partial charge in [0.05, 0.1) is 18.6 Å². The van der Waals surface area contributed by atoms with Crippen molar-refractivity contribution in [1.82, 2.24) is 0 Å². The monoisotopic (exact) mass is 310 g/mol. The zero-order valence-electron chi connectivity index (χ0n) is 12.3. The van der Waals surface area contributed by atoms with Crippen molar-refractivity contribution in [1.29, 1.82) is 0 Å². The first-order valence-corrected chi connectivity index (χ1v) is 8.28. The van der Waals surface area contributed by atoms with Gasteiger partial charge >= 0.3 is 19.5 Å². The Morgan fingerprint density at radius 3 is 1.80 bits per heavy atom. The molecule has 1 atom stereocenters. The Morgan fingerprint density at radius 1 is 1.05 bits per heavy atom. The average molecular weight is 310 g/mol. The van der Waals surface area contributed by atoms with Crippen molar-refractivity contribution in [3.8, 4) is 0 Å². The maximum absolute atomic E-state index is 12.2. The maximum atomic E-state index is 12.2. The smallest absolute Gasteiger partial charge is 0.340 e. The Labute approximate surface area is 118 Å². The lowest BCUT2D eigenvalue weighted by molar-refractivity contribution is -0.163. The van der Waals surface area contributed by atoms with Crippen molar-refractivity contribution >= 4 is 19.5 Å². The molecule has 0 rings (SSSR count). The van der Waals surface area contributed by atoms with Crippen LogP contribution in [0.1, 0.15) is 40.5 Å². The van der Waals surface area contributed by atoms with Crippen LogP contribution in [-0.2, 0) is 23.6 Å². The van der Waals surface area contributed by atoms with E-state index in [-0.39, 0.29) is 26.1 Å². The third kappa shape index (κ3) is 4.04. The van der Waals surface area contributed by atoms with Crippen LogP contribution in [0.3, 0.4) is 0 Å². The molecule has 2 N–H and O–H groups in total. The Kier molecular flexibility index (Phi) is 7.41. The van der Waals surface area contributed by atoms with Crippen LogP contribution < -0.4 is 0 Å². The second kappa shape index (κ2) is 7.76. The molecule has 0 aromatic rings. The minimum atomic E-state index is -4.87. The van der Waals surface area contributed by atoms with E-state index < -0.39 is 30.6 Å². The van der Waals surface area contributed by atoms with Gasteiger partial charge in [-0.25, -0.2) is 0 Å². The van der Waals surface area contributed by atoms with Crippen LogP contribution in [-0.4, -0.2) is 40.6 Å². The van der Waals surface area contributed by atoms with Gasteiger partial charge in [-0.15, -0.1) is 0 Å². The van der Waals surface area contributed by atoms with E-state index >= 15 is 0 Å². The minimum Gasteiger partial charge on any atom is -0.466 e. The maximum Gasteiger partial charge on any atom is 0.340 e. The Bertz CT molecular complexity index is 383. The molecule has 20 heavy (non-hydrogen) atoms. The molecule has 0 amide bonds. The summed E-state index contributed by atoms with van der Waals surface area (Å²) < 4.78 is 21.3. The summed E-state index contributed by atoms with van der Waals surface area (Å²) in [6, 6.07) is 0. The van der Waals surface area contributed by atoms with Gasteiger partial charge in [0.1, 0.15) is 0 Å². The van der Waals surface area contributed by atoms with E-state index in [1.165, 1.54) is 6.92 Å². The van der Waals surface area contributed by atoms with Crippen LogP contribution in [0, 0.1) is 5.41 Å². The molecule has 1 unspecified atom stereocenters. The molecule has 0 saturated heterocycles. The number of carbonyl (C=O) groups excluding carboxylic acids is 2. The predicted octanol–water partition coefficient (Wildman–Crippen LogP) is 1.47. The van der Waals surface area contributed by atoms with Gasteiger partial charge in [0.25, 0.3) is 0 Å². The first kappa shape index (κ1) is 19.1. The van der Waals surface area contributed by atoms with Crippen molar-refractivity contribution in [3.05, 3.63) is 0 Å². The molecule has 7 nitrogen and oxygen atoms in total. The van der Waals surface area contributed by atoms with E-state index in [0.717, 1.165) is 0 Å². The Morgan fingerprint density at radius 2 is 1.50 bits per heavy atom. The van der Waals surface area contributed by atoms with Crippen LogP contribution >= 0.6 is 7.60 Å². The fourth-order valence-corrected chi connectivity index (χ4v) is 3.68. The molecule has 0 spiro atoms. The third-order valence-electron chi connectivity index (χ3n) is 3.31. The molecular weight excluding hydrogens is 287 g/mol. The molecule has 0 aromatic carbocycles. The zero-order valence-corrected chi connectivity index (χ0v) is 13.2. The summed E-state index contributed by atoms with van der Waals surface area (Å²) in [7, 11) is -4.87. The molecule has 0 bridgehead atoms. The summed E-state index contributed by atoms with van der Waals surface area (Å²) >= 11 is 0. The van der Waals surface area contributed by atoms with Crippen LogP contribution in [0.2, 0.25) is 0 Å². The fraction of sp³-hybridized carbons (Fsp3) is 0.833. The van der Waals surface area contributed by atoms with Gasteiger partial charge in [-0.2, -0.15) is 0 Å². The van der Waals surface area contributed by atoms with Gasteiger partial charge in [-0.3, -0.25) is 14.2 Å². The van der Waals surface area contributed by atoms with Gasteiger partial charge in [0.2, 0.25) is 0 Å². The molecule has 0 radical (unpaired) electrons. The Hall–Kier alpha value is -0.910. The SMILES string of the molecule is CCOC(=O)C(C(CC)(CC)C(=O)OCC)P(=O)(O)O. The largest absolute Gasteiger partial charge is 0.466 e. The summed E-state index contributed by atoms with van der Waals surface area (Å²) in [5.74, 6) is -1.86. The second-order valence-corrected chi connectivity index (χ2v) is 6.02. The number of rotatable bonds is 8. The highest BCUT2D eigenvalue weighted by atomic mass is 31.2. The van der Waals surface area contributed by atoms with Crippen LogP contribution in [0.15, 0.2) is 0 Å². The van der Waals surface area contributed by atoms with Crippen molar-refractivity contribution in [3.63, 3.8) is 0 Å². The molecule has 0 aliphatic rings. The van der Waals surface area contributed by atoms with Gasteiger partial charge in [-0.1, -0.05) is 13.8 Å². The number of hydrogen-bond donors (Lipinski definition) is 2. The zero-order chi connectivity index (χ0) is 16.0. The van der Waals surface area contributed by atoms with Crippen LogP contribution in [0.25, 0.3) is 0 Å². The molecule has 8 heteroatoms. The van der Waals surface area contributed by atoms with Crippen LogP contribution in [0.5, 0.6) is 0 Å². The summed E-state index contributed by atoms with van der Waals surface area (Å²) in [5, 5.41) is 0. The van der Waals surface area contributed by atoms with Crippen molar-refractivity contribution in [2.24, 2.45) is 5.41 Å². The summed E-state index contributed by atoms with van der Waals surface area (Å²) in [4.78, 5) is 43.1. The van der Waals surface area contributed by atoms with Gasteiger partial charge in [-0.05, 0) is 26.7 Å². The standard InChI is InChI=1S/C12H23O7P/c1-5-12(6-2,11(14)19-8-4)9(20(15,16)17)10(13)18-7-3/h9H,5-8H2,1-4H3,(H2,15,16,17). The molecule has 0 saturated carbocycles.